The second kappa shape index (κ2) is 18.2. The molecule has 14 heteroatoms. The Balaban J connectivity index is 1.02. The van der Waals surface area contributed by atoms with Crippen LogP contribution < -0.4 is 14.9 Å². The zero-order valence-corrected chi connectivity index (χ0v) is 34.1. The molecule has 6 aromatic rings. The first kappa shape index (κ1) is 40.4. The third kappa shape index (κ3) is 10.2. The van der Waals surface area contributed by atoms with Gasteiger partial charge in [0.15, 0.2) is 5.82 Å². The van der Waals surface area contributed by atoms with Crippen molar-refractivity contribution >= 4 is 61.5 Å². The summed E-state index contributed by atoms with van der Waals surface area (Å²) < 4.78 is 60.6. The number of benzene rings is 5. The molecule has 0 amide bonds. The van der Waals surface area contributed by atoms with E-state index in [-0.39, 0.29) is 17.5 Å². The summed E-state index contributed by atoms with van der Waals surface area (Å²) in [6.45, 7) is 4.69. The molecule has 296 valence electrons. The van der Waals surface area contributed by atoms with Gasteiger partial charge in [-0.2, -0.15) is 0 Å². The molecule has 1 aromatic heterocycles. The van der Waals surface area contributed by atoms with Gasteiger partial charge in [-0.05, 0) is 92.3 Å². The number of fused-ring (bicyclic) bond motifs is 1. The minimum atomic E-state index is -4.58. The quantitative estimate of drug-likeness (QED) is 0.0986. The van der Waals surface area contributed by atoms with Crippen LogP contribution in [-0.4, -0.2) is 86.8 Å². The van der Waals surface area contributed by atoms with Crippen LogP contribution in [0.4, 0.5) is 26.0 Å². The van der Waals surface area contributed by atoms with Gasteiger partial charge in [0.25, 0.3) is 10.0 Å². The second-order valence-corrected chi connectivity index (χ2v) is 17.5. The van der Waals surface area contributed by atoms with Crippen LogP contribution in [0, 0.1) is 11.6 Å². The summed E-state index contributed by atoms with van der Waals surface area (Å²) in [5.74, 6) is -1.40. The van der Waals surface area contributed by atoms with Crippen LogP contribution in [0.2, 0.25) is 5.02 Å². The standard InChI is InChI=1S/C43H44ClF2N7O2S2/c1-51(2)18-17-33(28-56-35-11-7-4-8-12-35)49-41-25-39(46)42(26-38(41)45)57(54,55)50-43-37-16-14-34(24-40(37)47-29-48-43)53-21-19-52(20-22-53)27-31-23-32(44)13-15-36(31)30-9-5-3-6-10-30/h3-16,23-26,29,33,49H,17-22,27-28H2,1-2H3,(H,47,48,50). The first-order valence-corrected chi connectivity index (χ1v) is 21.5. The smallest absolute Gasteiger partial charge is 0.266 e. The van der Waals surface area contributed by atoms with E-state index in [0.29, 0.717) is 34.2 Å². The molecule has 2 heterocycles. The van der Waals surface area contributed by atoms with E-state index in [1.165, 1.54) is 17.5 Å². The zero-order valence-electron chi connectivity index (χ0n) is 31.7. The number of nitrogens with zero attached hydrogens (tertiary/aromatic N) is 5. The maximum atomic E-state index is 15.6. The van der Waals surface area contributed by atoms with E-state index < -0.39 is 26.6 Å². The molecule has 0 saturated carbocycles. The molecule has 57 heavy (non-hydrogen) atoms. The number of halogens is 3. The van der Waals surface area contributed by atoms with E-state index in [0.717, 1.165) is 61.5 Å². The highest BCUT2D eigenvalue weighted by molar-refractivity contribution is 7.99. The molecule has 1 unspecified atom stereocenters. The SMILES string of the molecule is CN(C)CCC(CSc1ccccc1)Nc1cc(F)c(S(=O)(=O)Nc2ncnc3cc(N4CCN(Cc5cc(Cl)ccc5-c5ccccc5)CC4)ccc23)cc1F. The Morgan fingerprint density at radius 3 is 2.33 bits per heavy atom. The summed E-state index contributed by atoms with van der Waals surface area (Å²) in [4.78, 5) is 15.5. The normalized spacial score (nSPS) is 14.2. The molecule has 9 nitrogen and oxygen atoms in total. The zero-order chi connectivity index (χ0) is 39.9. The van der Waals surface area contributed by atoms with Crippen molar-refractivity contribution in [2.24, 2.45) is 0 Å². The van der Waals surface area contributed by atoms with Crippen molar-refractivity contribution in [3.8, 4) is 11.1 Å². The van der Waals surface area contributed by atoms with E-state index >= 15 is 8.78 Å². The summed E-state index contributed by atoms with van der Waals surface area (Å²) in [6, 6.07) is 33.1. The van der Waals surface area contributed by atoms with E-state index in [9.17, 15) is 8.42 Å². The number of sulfonamides is 1. The lowest BCUT2D eigenvalue weighted by atomic mass is 9.99. The molecule has 0 aliphatic carbocycles. The minimum absolute atomic E-state index is 0.0317. The lowest BCUT2D eigenvalue weighted by molar-refractivity contribution is 0.250. The Labute approximate surface area is 342 Å². The Bertz CT molecular complexity index is 2420. The largest absolute Gasteiger partial charge is 0.379 e. The van der Waals surface area contributed by atoms with Gasteiger partial charge in [-0.3, -0.25) is 9.62 Å². The predicted octanol–water partition coefficient (Wildman–Crippen LogP) is 8.88. The van der Waals surface area contributed by atoms with Crippen LogP contribution in [0.25, 0.3) is 22.0 Å². The Morgan fingerprint density at radius 2 is 1.60 bits per heavy atom. The molecule has 0 radical (unpaired) electrons. The fraction of sp³-hybridized carbons (Fsp3) is 0.256. The Morgan fingerprint density at radius 1 is 0.860 bits per heavy atom. The second-order valence-electron chi connectivity index (χ2n) is 14.3. The van der Waals surface area contributed by atoms with Crippen LogP contribution in [0.15, 0.2) is 125 Å². The Hall–Kier alpha value is -4.79. The number of aromatic nitrogens is 2. The van der Waals surface area contributed by atoms with Gasteiger partial charge >= 0.3 is 0 Å². The van der Waals surface area contributed by atoms with Gasteiger partial charge in [0, 0.05) is 71.6 Å². The van der Waals surface area contributed by atoms with Crippen molar-refractivity contribution in [3.05, 3.63) is 138 Å². The van der Waals surface area contributed by atoms with Gasteiger partial charge in [-0.15, -0.1) is 11.8 Å². The predicted molar refractivity (Wildman–Crippen MR) is 229 cm³/mol. The topological polar surface area (TPSA) is 93.7 Å². The van der Waals surface area contributed by atoms with Crippen molar-refractivity contribution in [2.45, 2.75) is 28.8 Å². The molecule has 5 aromatic carbocycles. The lowest BCUT2D eigenvalue weighted by Gasteiger charge is -2.36. The van der Waals surface area contributed by atoms with Gasteiger partial charge in [0.2, 0.25) is 0 Å². The van der Waals surface area contributed by atoms with Gasteiger partial charge in [0.1, 0.15) is 22.9 Å². The number of hydrogen-bond donors (Lipinski definition) is 2. The highest BCUT2D eigenvalue weighted by Gasteiger charge is 2.25. The van der Waals surface area contributed by atoms with Crippen molar-refractivity contribution < 1.29 is 17.2 Å². The van der Waals surface area contributed by atoms with Crippen molar-refractivity contribution in [3.63, 3.8) is 0 Å². The van der Waals surface area contributed by atoms with Gasteiger partial charge in [0.05, 0.1) is 11.2 Å². The number of hydrogen-bond acceptors (Lipinski definition) is 9. The van der Waals surface area contributed by atoms with Crippen LogP contribution in [-0.2, 0) is 16.6 Å². The molecular formula is C43H44ClF2N7O2S2. The highest BCUT2D eigenvalue weighted by Crippen LogP contribution is 2.32. The number of thioether (sulfide) groups is 1. The Kier molecular flexibility index (Phi) is 12.9. The molecule has 0 bridgehead atoms. The van der Waals surface area contributed by atoms with Gasteiger partial charge in [-0.1, -0.05) is 66.2 Å². The van der Waals surface area contributed by atoms with Crippen molar-refractivity contribution in [1.29, 1.82) is 0 Å². The molecule has 1 saturated heterocycles. The first-order valence-electron chi connectivity index (χ1n) is 18.7. The number of piperazine rings is 1. The van der Waals surface area contributed by atoms with Crippen molar-refractivity contribution in [2.75, 3.05) is 67.5 Å². The monoisotopic (exact) mass is 827 g/mol. The maximum absolute atomic E-state index is 15.6. The summed E-state index contributed by atoms with van der Waals surface area (Å²) >= 11 is 8.02. The molecule has 1 fully saturated rings. The molecule has 2 N–H and O–H groups in total. The fourth-order valence-corrected chi connectivity index (χ4v) is 9.18. The average molecular weight is 828 g/mol. The van der Waals surface area contributed by atoms with Crippen LogP contribution >= 0.6 is 23.4 Å². The molecule has 0 spiro atoms. The fourth-order valence-electron chi connectivity index (χ4n) is 6.89. The first-order chi connectivity index (χ1) is 27.5. The van der Waals surface area contributed by atoms with Crippen LogP contribution in [0.3, 0.4) is 0 Å². The van der Waals surface area contributed by atoms with Crippen LogP contribution in [0.1, 0.15) is 12.0 Å². The van der Waals surface area contributed by atoms with Gasteiger partial charge in [-0.25, -0.2) is 27.2 Å². The lowest BCUT2D eigenvalue weighted by Crippen LogP contribution is -2.46. The maximum Gasteiger partial charge on any atom is 0.266 e. The van der Waals surface area contributed by atoms with E-state index in [1.54, 1.807) is 17.8 Å². The molecular weight excluding hydrogens is 784 g/mol. The summed E-state index contributed by atoms with van der Waals surface area (Å²) in [5, 5.41) is 4.25. The summed E-state index contributed by atoms with van der Waals surface area (Å²) in [6.07, 6.45) is 1.91. The number of nitrogens with one attached hydrogen (secondary N) is 2. The average Bonchev–Trinajstić information content (AvgIpc) is 3.21. The number of anilines is 3. The van der Waals surface area contributed by atoms with E-state index in [1.807, 2.05) is 91.8 Å². The van der Waals surface area contributed by atoms with E-state index in [4.69, 9.17) is 11.6 Å². The molecule has 1 aliphatic heterocycles. The van der Waals surface area contributed by atoms with Crippen molar-refractivity contribution in [1.82, 2.24) is 19.8 Å². The summed E-state index contributed by atoms with van der Waals surface area (Å²) in [5.41, 5.74) is 4.83. The van der Waals surface area contributed by atoms with Crippen LogP contribution in [0.5, 0.6) is 0 Å². The van der Waals surface area contributed by atoms with Gasteiger partial charge < -0.3 is 15.1 Å². The molecule has 1 aliphatic rings. The minimum Gasteiger partial charge on any atom is -0.379 e. The molecule has 7 rings (SSSR count). The van der Waals surface area contributed by atoms with E-state index in [2.05, 4.69) is 48.0 Å². The molecule has 1 atom stereocenters. The highest BCUT2D eigenvalue weighted by atomic mass is 35.5. The third-order valence-electron chi connectivity index (χ3n) is 9.92. The summed E-state index contributed by atoms with van der Waals surface area (Å²) in [7, 11) is -0.683. The third-order valence-corrected chi connectivity index (χ3v) is 12.7. The number of rotatable bonds is 15.